The van der Waals surface area contributed by atoms with Crippen LogP contribution < -0.4 is 0 Å². The van der Waals surface area contributed by atoms with Gasteiger partial charge in [-0.25, -0.2) is 0 Å². The van der Waals surface area contributed by atoms with Gasteiger partial charge in [0.25, 0.3) is 3.79 Å². The highest BCUT2D eigenvalue weighted by Gasteiger charge is 2.61. The first-order valence-electron chi connectivity index (χ1n) is 47.8. The minimum atomic E-state index is -2.71. The highest BCUT2D eigenvalue weighted by atomic mass is 35.6. The number of halogens is 3. The van der Waals surface area contributed by atoms with Gasteiger partial charge in [-0.1, -0.05) is 277 Å². The number of hydrogen-bond donors (Lipinski definition) is 1. The van der Waals surface area contributed by atoms with Crippen LogP contribution in [0.15, 0.2) is 91.0 Å². The molecule has 6 heterocycles. The van der Waals surface area contributed by atoms with Crippen molar-refractivity contribution in [3.63, 3.8) is 0 Å². The van der Waals surface area contributed by atoms with Crippen molar-refractivity contribution in [3.05, 3.63) is 108 Å². The molecule has 130 heavy (non-hydrogen) atoms. The first kappa shape index (κ1) is 111. The molecule has 6 saturated heterocycles. The number of rotatable bonds is 41. The van der Waals surface area contributed by atoms with Crippen LogP contribution in [0.2, 0.25) is 72.5 Å². The molecule has 1 N–H and O–H groups in total. The van der Waals surface area contributed by atoms with Crippen LogP contribution in [-0.4, -0.2) is 216 Å². The van der Waals surface area contributed by atoms with Crippen LogP contribution >= 0.6 is 34.8 Å². The van der Waals surface area contributed by atoms with Crippen molar-refractivity contribution >= 4 is 85.9 Å². The number of nitrogens with one attached hydrogen (secondary N) is 1. The molecule has 9 rings (SSSR count). The average Bonchev–Trinajstić information content (AvgIpc) is 1.55. The van der Waals surface area contributed by atoms with E-state index in [-0.39, 0.29) is 94.6 Å². The lowest BCUT2D eigenvalue weighted by molar-refractivity contribution is -0.360. The zero-order chi connectivity index (χ0) is 96.6. The summed E-state index contributed by atoms with van der Waals surface area (Å²) in [6.07, 6.45) is -14.9. The lowest BCUT2D eigenvalue weighted by atomic mass is 9.90. The zero-order valence-corrected chi connectivity index (χ0v) is 90.6. The van der Waals surface area contributed by atoms with Crippen LogP contribution in [0.3, 0.4) is 0 Å². The summed E-state index contributed by atoms with van der Waals surface area (Å²) in [5, 5.41) is 8.32. The number of carbonyl (C=O) groups excluding carboxylic acids is 2. The summed E-state index contributed by atoms with van der Waals surface area (Å²) in [5.41, 5.74) is 3.04. The molecular weight excluding hydrogens is 1790 g/mol. The second kappa shape index (κ2) is 46.0. The minimum absolute atomic E-state index is 0.00964. The average molecular weight is 1960 g/mol. The normalized spacial score (nSPS) is 31.2. The molecule has 0 aromatic heterocycles. The lowest BCUT2D eigenvalue weighted by Gasteiger charge is -2.49. The third kappa shape index (κ3) is 29.6. The van der Waals surface area contributed by atoms with Gasteiger partial charge in [-0.3, -0.25) is 15.0 Å². The van der Waals surface area contributed by atoms with Gasteiger partial charge < -0.3 is 98.2 Å². The van der Waals surface area contributed by atoms with Crippen LogP contribution in [0.25, 0.3) is 0 Å². The van der Waals surface area contributed by atoms with Crippen molar-refractivity contribution in [2.24, 2.45) is 35.5 Å². The largest absolute Gasteiger partial charge is 0.462 e. The van der Waals surface area contributed by atoms with Gasteiger partial charge in [0.1, 0.15) is 54.9 Å². The molecule has 0 spiro atoms. The molecule has 0 amide bonds. The number of hydrogen-bond acceptors (Lipinski definition) is 24. The zero-order valence-electron chi connectivity index (χ0n) is 84.3. The maximum Gasteiger partial charge on any atom is 0.308 e. The van der Waals surface area contributed by atoms with Crippen LogP contribution in [0.1, 0.15) is 221 Å². The van der Waals surface area contributed by atoms with E-state index in [4.69, 9.17) is 138 Å². The number of esters is 2. The van der Waals surface area contributed by atoms with E-state index in [0.29, 0.717) is 39.3 Å². The number of alkyl halides is 3. The maximum atomic E-state index is 15.3. The third-order valence-electron chi connectivity index (χ3n) is 29.4. The summed E-state index contributed by atoms with van der Waals surface area (Å²) < 4.78 is 143. The standard InChI is InChI=1S/C99H164Cl3NO23Si4/c1-33-60(3)73(114-78(104)52-72(125-129(29,30)96(17,18)19)51-74(61(4)34-2)115-90-65(8)83(126-130(31,32)97(20,21)22)77(116-90)59-111-127(25,26)94(11,12)13)50-71(124-128(27,28)95(14,15)16)53-79(105)117-80-62(5)84(91(112-66(80)9)121-93(103)99(100,101)102)119-92-87-86(122-98(23,24)123-87)85(67(10)113-92)120-89-64(7)82(76(58-110-89)107-55-69-46-40-36-41-47-69)118-88-63(6)81(108-56-70-48-42-37-43-49-70)75(57-109-88)106-54-68-44-38-35-39-45-68/h35-49,60-67,71-77,80-92,103H,33-34,50-59H2,1-32H3/t60-,61-,62?,63?,64?,65?,66?,67?,71-,72-,73-,74-,75+,76+,77+,80+,81?,82?,83?,84?,85-,86?,87?,88-,89-,90+,91+,92-/m0/s1. The van der Waals surface area contributed by atoms with Crippen molar-refractivity contribution in [1.29, 1.82) is 5.41 Å². The van der Waals surface area contributed by atoms with E-state index in [0.717, 1.165) is 23.1 Å². The maximum absolute atomic E-state index is 15.3. The van der Waals surface area contributed by atoms with Crippen LogP contribution in [0.5, 0.6) is 0 Å². The summed E-state index contributed by atoms with van der Waals surface area (Å²) >= 11 is 19.1. The van der Waals surface area contributed by atoms with Gasteiger partial charge in [-0.2, -0.15) is 0 Å². The fraction of sp³-hybridized carbons (Fsp3) is 0.788. The van der Waals surface area contributed by atoms with Crippen molar-refractivity contribution < 1.29 is 108 Å². The molecule has 6 fully saturated rings. The van der Waals surface area contributed by atoms with Gasteiger partial charge in [0.15, 0.2) is 64.2 Å². The SMILES string of the molecule is CC[C@H](C)[C@H](C[C@@H](CC(=O)O[C@H]1C(C)O[C@H](OC(=N)C(Cl)(Cl)Cl)C(O[C@@H]2OC(C)[C@H](O[C@@H]3OC[C@@H](OCc4ccccc4)C(O[C@@H]4OC[C@@H](OCc5ccccc5)C(OCc5ccccc5)C4C)C3C)C3OC(C)(C)OC32)C1C)O[Si](C)(C)C(C)(C)C)OC(=O)C[C@H](C[C@H](O[C@@H]1O[C@H](CO[Si](C)(C)C(C)(C)C)C(O[Si](C)(C)C(C)(C)C)C1C)[C@@H](C)CC)O[Si](C)(C)C(C)(C)C. The Kier molecular flexibility index (Phi) is 39.2. The van der Waals surface area contributed by atoms with Crippen LogP contribution in [0, 0.1) is 40.9 Å². The lowest BCUT2D eigenvalue weighted by Crippen LogP contribution is -2.63. The summed E-state index contributed by atoms with van der Waals surface area (Å²) in [7, 11) is -9.80. The molecule has 740 valence electrons. The van der Waals surface area contributed by atoms with E-state index >= 15 is 9.59 Å². The summed E-state index contributed by atoms with van der Waals surface area (Å²) in [6.45, 7) is 69.9. The first-order chi connectivity index (χ1) is 60.2. The molecule has 6 aliphatic rings. The third-order valence-corrected chi connectivity index (χ3v) is 48.0. The molecule has 28 atom stereocenters. The number of fused-ring (bicyclic) bond motifs is 1. The summed E-state index contributed by atoms with van der Waals surface area (Å²) in [4.78, 5) is 30.6. The Morgan fingerprint density at radius 1 is 0.469 bits per heavy atom. The topological polar surface area (TPSA) is 252 Å². The fourth-order valence-corrected chi connectivity index (χ4v) is 21.8. The van der Waals surface area contributed by atoms with Gasteiger partial charge in [0, 0.05) is 30.1 Å². The van der Waals surface area contributed by atoms with Gasteiger partial charge in [0.2, 0.25) is 12.2 Å². The molecular formula is C99H164Cl3NO23Si4. The first-order valence-corrected chi connectivity index (χ1v) is 60.5. The van der Waals surface area contributed by atoms with E-state index in [1.54, 1.807) is 20.8 Å². The molecule has 31 heteroatoms. The van der Waals surface area contributed by atoms with E-state index in [2.05, 4.69) is 177 Å². The number of ether oxygens (including phenoxy) is 17. The smallest absolute Gasteiger partial charge is 0.308 e. The Bertz CT molecular complexity index is 3980. The summed E-state index contributed by atoms with van der Waals surface area (Å²) in [6, 6.07) is 30.1. The fourth-order valence-electron chi connectivity index (χ4n) is 16.6. The number of carbonyl (C=O) groups is 2. The van der Waals surface area contributed by atoms with Gasteiger partial charge in [-0.15, -0.1) is 0 Å². The second-order valence-electron chi connectivity index (χ2n) is 44.3. The summed E-state index contributed by atoms with van der Waals surface area (Å²) in [5.74, 6) is -4.82. The highest BCUT2D eigenvalue weighted by molar-refractivity contribution is 6.76. The predicted octanol–water partition coefficient (Wildman–Crippen LogP) is 22.3. The molecule has 12 unspecified atom stereocenters. The van der Waals surface area contributed by atoms with E-state index in [9.17, 15) is 0 Å². The molecule has 0 bridgehead atoms. The molecule has 6 aliphatic heterocycles. The molecule has 0 aliphatic carbocycles. The van der Waals surface area contributed by atoms with Crippen molar-refractivity contribution in [3.8, 4) is 0 Å². The number of benzene rings is 3. The molecule has 0 radical (unpaired) electrons. The molecule has 24 nitrogen and oxygen atoms in total. The Morgan fingerprint density at radius 3 is 1.37 bits per heavy atom. The van der Waals surface area contributed by atoms with Crippen LogP contribution in [0.4, 0.5) is 0 Å². The Hall–Kier alpha value is -2.91. The van der Waals surface area contributed by atoms with Gasteiger partial charge in [-0.05, 0) is 135 Å². The van der Waals surface area contributed by atoms with Crippen LogP contribution in [-0.2, 0) is 128 Å². The van der Waals surface area contributed by atoms with E-state index < -0.39 is 189 Å². The Labute approximate surface area is 798 Å². The van der Waals surface area contributed by atoms with Crippen molar-refractivity contribution in [2.45, 2.75) is 442 Å². The monoisotopic (exact) mass is 1950 g/mol. The van der Waals surface area contributed by atoms with Crippen molar-refractivity contribution in [2.75, 3.05) is 19.8 Å². The van der Waals surface area contributed by atoms with E-state index in [1.807, 2.05) is 112 Å². The molecule has 3 aromatic carbocycles. The second-order valence-corrected chi connectivity index (χ2v) is 65.6. The minimum Gasteiger partial charge on any atom is -0.462 e. The molecule has 0 saturated carbocycles. The van der Waals surface area contributed by atoms with Crippen molar-refractivity contribution in [1.82, 2.24) is 0 Å². The quantitative estimate of drug-likeness (QED) is 0.0182. The highest BCUT2D eigenvalue weighted by Crippen LogP contribution is 2.49. The van der Waals surface area contributed by atoms with Gasteiger partial charge >= 0.3 is 11.9 Å². The molecule has 3 aromatic rings. The Morgan fingerprint density at radius 2 is 0.885 bits per heavy atom. The Balaban J connectivity index is 0.934. The van der Waals surface area contributed by atoms with E-state index in [1.165, 1.54) is 0 Å². The predicted molar refractivity (Wildman–Crippen MR) is 517 cm³/mol. The van der Waals surface area contributed by atoms with Gasteiger partial charge in [0.05, 0.1) is 101 Å².